The van der Waals surface area contributed by atoms with Gasteiger partial charge in [-0.25, -0.2) is 9.78 Å². The fourth-order valence-corrected chi connectivity index (χ4v) is 3.18. The van der Waals surface area contributed by atoms with Crippen LogP contribution in [-0.4, -0.2) is 22.5 Å². The number of nitrogens with one attached hydrogen (secondary N) is 3. The van der Waals surface area contributed by atoms with Gasteiger partial charge in [-0.15, -0.1) is 0 Å². The maximum Gasteiger partial charge on any atom is 0.319 e. The summed E-state index contributed by atoms with van der Waals surface area (Å²) in [6.07, 6.45) is 10.8. The smallest absolute Gasteiger partial charge is 0.319 e. The summed E-state index contributed by atoms with van der Waals surface area (Å²) in [5.41, 5.74) is 3.25. The van der Waals surface area contributed by atoms with Crippen LogP contribution in [0.1, 0.15) is 49.3 Å². The van der Waals surface area contributed by atoms with Gasteiger partial charge in [0, 0.05) is 30.5 Å². The van der Waals surface area contributed by atoms with Crippen molar-refractivity contribution in [2.75, 3.05) is 11.9 Å². The second-order valence-electron chi connectivity index (χ2n) is 6.16. The lowest BCUT2D eigenvalue weighted by atomic mass is 9.84. The lowest BCUT2D eigenvalue weighted by Gasteiger charge is -2.22. The summed E-state index contributed by atoms with van der Waals surface area (Å²) in [6.45, 7) is 0.578. The second-order valence-corrected chi connectivity index (χ2v) is 6.16. The maximum atomic E-state index is 11.9. The van der Waals surface area contributed by atoms with E-state index in [9.17, 15) is 4.79 Å². The summed E-state index contributed by atoms with van der Waals surface area (Å²) < 4.78 is 0. The van der Waals surface area contributed by atoms with Crippen LogP contribution in [0.5, 0.6) is 0 Å². The topological polar surface area (TPSA) is 69.8 Å². The highest BCUT2D eigenvalue weighted by Crippen LogP contribution is 2.32. The third kappa shape index (κ3) is 4.58. The van der Waals surface area contributed by atoms with E-state index in [2.05, 4.69) is 32.7 Å². The Bertz CT molecular complexity index is 600. The van der Waals surface area contributed by atoms with Crippen molar-refractivity contribution in [3.63, 3.8) is 0 Å². The van der Waals surface area contributed by atoms with E-state index in [1.54, 1.807) is 12.5 Å². The van der Waals surface area contributed by atoms with Crippen molar-refractivity contribution in [1.82, 2.24) is 15.3 Å². The molecule has 1 aliphatic carbocycles. The summed E-state index contributed by atoms with van der Waals surface area (Å²) in [6, 6.07) is 8.12. The van der Waals surface area contributed by atoms with Gasteiger partial charge >= 0.3 is 6.03 Å². The molecule has 1 aromatic carbocycles. The molecule has 0 aliphatic heterocycles. The number of H-pyrrole nitrogens is 1. The maximum absolute atomic E-state index is 11.9. The molecular formula is C18H24N4O. The first-order valence-corrected chi connectivity index (χ1v) is 8.43. The lowest BCUT2D eigenvalue weighted by Crippen LogP contribution is -2.30. The third-order valence-electron chi connectivity index (χ3n) is 4.48. The molecule has 2 aromatic rings. The molecule has 23 heavy (non-hydrogen) atoms. The van der Waals surface area contributed by atoms with Crippen molar-refractivity contribution in [3.05, 3.63) is 48.0 Å². The number of carbonyl (C=O) groups excluding carboxylic acids is 1. The van der Waals surface area contributed by atoms with Crippen molar-refractivity contribution in [1.29, 1.82) is 0 Å². The van der Waals surface area contributed by atoms with E-state index in [0.717, 1.165) is 17.8 Å². The molecule has 0 bridgehead atoms. The molecular weight excluding hydrogens is 288 g/mol. The Labute approximate surface area is 136 Å². The minimum Gasteiger partial charge on any atom is -0.348 e. The monoisotopic (exact) mass is 312 g/mol. The average molecular weight is 312 g/mol. The van der Waals surface area contributed by atoms with E-state index in [0.29, 0.717) is 12.5 Å². The number of urea groups is 1. The second kappa shape index (κ2) is 7.81. The fourth-order valence-electron chi connectivity index (χ4n) is 3.18. The molecule has 1 aliphatic rings. The molecule has 122 valence electrons. The molecule has 5 nitrogen and oxygen atoms in total. The van der Waals surface area contributed by atoms with Gasteiger partial charge in [0.25, 0.3) is 0 Å². The number of nitrogens with zero attached hydrogens (tertiary/aromatic N) is 1. The van der Waals surface area contributed by atoms with E-state index in [1.807, 2.05) is 12.1 Å². The van der Waals surface area contributed by atoms with Gasteiger partial charge in [0.2, 0.25) is 0 Å². The molecule has 3 rings (SSSR count). The quantitative estimate of drug-likeness (QED) is 0.785. The first-order valence-electron chi connectivity index (χ1n) is 8.43. The number of aromatic amines is 1. The van der Waals surface area contributed by atoms with Gasteiger partial charge < -0.3 is 15.6 Å². The van der Waals surface area contributed by atoms with Gasteiger partial charge in [0.15, 0.2) is 0 Å². The first-order chi connectivity index (χ1) is 11.3. The van der Waals surface area contributed by atoms with Gasteiger partial charge in [0.05, 0.1) is 6.33 Å². The van der Waals surface area contributed by atoms with Gasteiger partial charge in [-0.2, -0.15) is 0 Å². The molecule has 2 amide bonds. The van der Waals surface area contributed by atoms with Gasteiger partial charge in [-0.1, -0.05) is 31.4 Å². The zero-order chi connectivity index (χ0) is 15.9. The molecule has 5 heteroatoms. The Kier molecular flexibility index (Phi) is 5.29. The number of anilines is 1. The molecule has 0 unspecified atom stereocenters. The molecule has 1 fully saturated rings. The molecule has 1 saturated carbocycles. The zero-order valence-corrected chi connectivity index (χ0v) is 13.3. The molecule has 0 radical (unpaired) electrons. The van der Waals surface area contributed by atoms with Crippen LogP contribution in [0.3, 0.4) is 0 Å². The molecule has 0 saturated heterocycles. The van der Waals surface area contributed by atoms with Crippen LogP contribution in [0.4, 0.5) is 10.5 Å². The minimum atomic E-state index is -0.171. The van der Waals surface area contributed by atoms with E-state index in [1.165, 1.54) is 37.7 Å². The predicted molar refractivity (Wildman–Crippen MR) is 91.6 cm³/mol. The van der Waals surface area contributed by atoms with Crippen molar-refractivity contribution in [3.8, 4) is 0 Å². The number of rotatable bonds is 5. The Morgan fingerprint density at radius 2 is 1.96 bits per heavy atom. The van der Waals surface area contributed by atoms with Crippen molar-refractivity contribution < 1.29 is 4.79 Å². The van der Waals surface area contributed by atoms with Crippen molar-refractivity contribution >= 4 is 11.7 Å². The Morgan fingerprint density at radius 1 is 1.17 bits per heavy atom. The fraction of sp³-hybridized carbons (Fsp3) is 0.444. The van der Waals surface area contributed by atoms with Crippen LogP contribution in [-0.2, 0) is 6.42 Å². The number of aromatic nitrogens is 2. The molecule has 3 N–H and O–H groups in total. The van der Waals surface area contributed by atoms with Gasteiger partial charge in [-0.3, -0.25) is 0 Å². The lowest BCUT2D eigenvalue weighted by molar-refractivity contribution is 0.252. The summed E-state index contributed by atoms with van der Waals surface area (Å²) in [7, 11) is 0. The highest BCUT2D eigenvalue weighted by Gasteiger charge is 2.15. The Hall–Kier alpha value is -2.30. The van der Waals surface area contributed by atoms with Gasteiger partial charge in [0.1, 0.15) is 0 Å². The highest BCUT2D eigenvalue weighted by molar-refractivity contribution is 5.89. The number of imidazole rings is 1. The van der Waals surface area contributed by atoms with E-state index < -0.39 is 0 Å². The number of amides is 2. The Morgan fingerprint density at radius 3 is 2.65 bits per heavy atom. The van der Waals surface area contributed by atoms with Crippen molar-refractivity contribution in [2.45, 2.75) is 44.4 Å². The van der Waals surface area contributed by atoms with E-state index in [-0.39, 0.29) is 6.03 Å². The third-order valence-corrected chi connectivity index (χ3v) is 4.48. The summed E-state index contributed by atoms with van der Waals surface area (Å²) in [4.78, 5) is 18.8. The minimum absolute atomic E-state index is 0.171. The predicted octanol–water partition coefficient (Wildman–Crippen LogP) is 3.82. The molecule has 0 atom stereocenters. The normalized spacial score (nSPS) is 15.3. The highest BCUT2D eigenvalue weighted by atomic mass is 16.2. The molecule has 1 heterocycles. The summed E-state index contributed by atoms with van der Waals surface area (Å²) in [5, 5.41) is 5.73. The number of hydrogen-bond acceptors (Lipinski definition) is 2. The summed E-state index contributed by atoms with van der Waals surface area (Å²) >= 11 is 0. The van der Waals surface area contributed by atoms with E-state index >= 15 is 0 Å². The molecule has 0 spiro atoms. The first kappa shape index (κ1) is 15.6. The average Bonchev–Trinajstić information content (AvgIpc) is 3.10. The van der Waals surface area contributed by atoms with Crippen LogP contribution in [0.2, 0.25) is 0 Å². The zero-order valence-electron chi connectivity index (χ0n) is 13.3. The van der Waals surface area contributed by atoms with Crippen molar-refractivity contribution in [2.24, 2.45) is 0 Å². The number of benzene rings is 1. The number of hydrogen-bond donors (Lipinski definition) is 3. The van der Waals surface area contributed by atoms with Crippen LogP contribution in [0, 0.1) is 0 Å². The standard InChI is InChI=1S/C18H24N4O/c23-18(20-11-10-17-12-19-13-21-17)22-16-8-6-15(7-9-16)14-4-2-1-3-5-14/h6-9,12-14H,1-5,10-11H2,(H,19,21)(H2,20,22,23). The number of carbonyl (C=O) groups is 1. The Balaban J connectivity index is 1.44. The van der Waals surface area contributed by atoms with Crippen LogP contribution < -0.4 is 10.6 Å². The van der Waals surface area contributed by atoms with Crippen LogP contribution in [0.15, 0.2) is 36.8 Å². The van der Waals surface area contributed by atoms with Crippen LogP contribution >= 0.6 is 0 Å². The SMILES string of the molecule is O=C(NCCc1cnc[nH]1)Nc1ccc(C2CCCCC2)cc1. The summed E-state index contributed by atoms with van der Waals surface area (Å²) in [5.74, 6) is 0.695. The van der Waals surface area contributed by atoms with Crippen LogP contribution in [0.25, 0.3) is 0 Å². The van der Waals surface area contributed by atoms with Gasteiger partial charge in [-0.05, 0) is 36.5 Å². The molecule has 1 aromatic heterocycles. The largest absolute Gasteiger partial charge is 0.348 e. The van der Waals surface area contributed by atoms with E-state index in [4.69, 9.17) is 0 Å².